The van der Waals surface area contributed by atoms with Crippen molar-refractivity contribution in [1.29, 1.82) is 0 Å². The number of nitrogens with zero attached hydrogens (tertiary/aromatic N) is 1. The molecule has 0 saturated carbocycles. The van der Waals surface area contributed by atoms with Gasteiger partial charge in [-0.05, 0) is 46.6 Å². The minimum absolute atomic E-state index is 0.300. The first-order valence-electron chi connectivity index (χ1n) is 11.1. The van der Waals surface area contributed by atoms with Crippen LogP contribution in [0.3, 0.4) is 0 Å². The Balaban J connectivity index is 3.24. The minimum Gasteiger partial charge on any atom is -0.468 e. The van der Waals surface area contributed by atoms with E-state index in [2.05, 4.69) is 15.4 Å². The second-order valence-electron chi connectivity index (χ2n) is 8.91. The Hall–Kier alpha value is -3.10. The van der Waals surface area contributed by atoms with Crippen LogP contribution in [0.15, 0.2) is 18.2 Å². The van der Waals surface area contributed by atoms with Gasteiger partial charge in [-0.25, -0.2) is 4.79 Å². The molecule has 1 rings (SSSR count). The third-order valence-corrected chi connectivity index (χ3v) is 4.61. The van der Waals surface area contributed by atoms with E-state index in [9.17, 15) is 19.2 Å². The van der Waals surface area contributed by atoms with Crippen molar-refractivity contribution in [3.8, 4) is 0 Å². The first-order valence-corrected chi connectivity index (χ1v) is 11.1. The number of carbonyl (C=O) groups excluding carboxylic acids is 4. The number of unbranched alkanes of at least 4 members (excludes halogenated alkanes) is 1. The highest BCUT2D eigenvalue weighted by atomic mass is 16.6. The Morgan fingerprint density at radius 3 is 2.12 bits per heavy atom. The number of esters is 1. The molecule has 2 N–H and O–H groups in total. The van der Waals surface area contributed by atoms with Gasteiger partial charge in [-0.15, -0.1) is 0 Å². The first-order chi connectivity index (χ1) is 15.4. The van der Waals surface area contributed by atoms with Gasteiger partial charge in [-0.2, -0.15) is 0 Å². The number of carbonyl (C=O) groups is 4. The van der Waals surface area contributed by atoms with Gasteiger partial charge in [0.25, 0.3) is 0 Å². The van der Waals surface area contributed by atoms with Crippen molar-refractivity contribution in [3.05, 3.63) is 34.9 Å². The van der Waals surface area contributed by atoms with Gasteiger partial charge in [0.1, 0.15) is 24.7 Å². The zero-order chi connectivity index (χ0) is 25.2. The van der Waals surface area contributed by atoms with E-state index in [1.807, 2.05) is 39.0 Å². The van der Waals surface area contributed by atoms with Gasteiger partial charge in [-0.3, -0.25) is 14.4 Å². The van der Waals surface area contributed by atoms with Crippen LogP contribution in [0.5, 0.6) is 0 Å². The van der Waals surface area contributed by atoms with Crippen LogP contribution in [0, 0.1) is 13.8 Å². The van der Waals surface area contributed by atoms with E-state index in [0.29, 0.717) is 18.5 Å². The van der Waals surface area contributed by atoms with Crippen molar-refractivity contribution >= 4 is 23.9 Å². The van der Waals surface area contributed by atoms with E-state index in [1.165, 1.54) is 12.0 Å². The molecule has 9 heteroatoms. The number of hydrogen-bond donors (Lipinski definition) is 2. The summed E-state index contributed by atoms with van der Waals surface area (Å²) in [5.74, 6) is -1.54. The summed E-state index contributed by atoms with van der Waals surface area (Å²) >= 11 is 0. The Morgan fingerprint density at radius 2 is 1.61 bits per heavy atom. The number of ether oxygens (including phenoxy) is 2. The fourth-order valence-corrected chi connectivity index (χ4v) is 3.26. The van der Waals surface area contributed by atoms with E-state index in [1.54, 1.807) is 20.8 Å². The maximum Gasteiger partial charge on any atom is 0.408 e. The molecule has 0 fully saturated rings. The predicted octanol–water partition coefficient (Wildman–Crippen LogP) is 2.79. The molecule has 3 amide bonds. The van der Waals surface area contributed by atoms with Crippen molar-refractivity contribution in [2.75, 3.05) is 26.7 Å². The summed E-state index contributed by atoms with van der Waals surface area (Å²) in [7, 11) is 1.23. The van der Waals surface area contributed by atoms with Crippen LogP contribution in [0.1, 0.15) is 63.3 Å². The highest BCUT2D eigenvalue weighted by molar-refractivity contribution is 5.92. The molecule has 33 heavy (non-hydrogen) atoms. The molecule has 1 unspecified atom stereocenters. The Bertz CT molecular complexity index is 827. The minimum atomic E-state index is -0.979. The number of hydrogen-bond acceptors (Lipinski definition) is 6. The van der Waals surface area contributed by atoms with E-state index in [0.717, 1.165) is 17.5 Å². The molecule has 0 spiro atoms. The lowest BCUT2D eigenvalue weighted by Gasteiger charge is -2.32. The van der Waals surface area contributed by atoms with Crippen LogP contribution in [0.2, 0.25) is 0 Å². The topological polar surface area (TPSA) is 114 Å². The largest absolute Gasteiger partial charge is 0.468 e. The number of amides is 3. The summed E-state index contributed by atoms with van der Waals surface area (Å²) in [6, 6.07) is 4.66. The summed E-state index contributed by atoms with van der Waals surface area (Å²) in [6.07, 6.45) is 0.737. The first kappa shape index (κ1) is 27.9. The average Bonchev–Trinajstić information content (AvgIpc) is 2.70. The van der Waals surface area contributed by atoms with Gasteiger partial charge in [-0.1, -0.05) is 42.7 Å². The quantitative estimate of drug-likeness (QED) is 0.516. The standard InChI is InChI=1S/C24H37N3O6/c1-8-9-10-27(19(28)14-26-23(31)33-24(4,5)6)21(22(30)25-15-20(29)32-7)18-12-16(2)11-17(3)13-18/h11-13,21H,8-10,14-15H2,1-7H3,(H,25,30)(H,26,31). The Labute approximate surface area is 196 Å². The van der Waals surface area contributed by atoms with Crippen LogP contribution in [-0.4, -0.2) is 61.1 Å². The van der Waals surface area contributed by atoms with Crippen LogP contribution in [0.25, 0.3) is 0 Å². The third-order valence-electron chi connectivity index (χ3n) is 4.61. The van der Waals surface area contributed by atoms with Crippen LogP contribution in [-0.2, 0) is 23.9 Å². The van der Waals surface area contributed by atoms with Crippen molar-refractivity contribution in [1.82, 2.24) is 15.5 Å². The van der Waals surface area contributed by atoms with Gasteiger partial charge in [0, 0.05) is 6.54 Å². The maximum atomic E-state index is 13.2. The molecule has 1 aromatic carbocycles. The fourth-order valence-electron chi connectivity index (χ4n) is 3.26. The second-order valence-corrected chi connectivity index (χ2v) is 8.91. The molecule has 0 aliphatic carbocycles. The van der Waals surface area contributed by atoms with Crippen LogP contribution >= 0.6 is 0 Å². The lowest BCUT2D eigenvalue weighted by Crippen LogP contribution is -2.48. The number of aryl methyl sites for hydroxylation is 2. The van der Waals surface area contributed by atoms with Gasteiger partial charge < -0.3 is 25.0 Å². The van der Waals surface area contributed by atoms with Gasteiger partial charge in [0.05, 0.1) is 7.11 Å². The van der Waals surface area contributed by atoms with Gasteiger partial charge in [0.15, 0.2) is 0 Å². The van der Waals surface area contributed by atoms with E-state index in [-0.39, 0.29) is 13.1 Å². The summed E-state index contributed by atoms with van der Waals surface area (Å²) < 4.78 is 9.81. The normalized spacial score (nSPS) is 11.8. The molecule has 0 bridgehead atoms. The lowest BCUT2D eigenvalue weighted by molar-refractivity contribution is -0.143. The summed E-state index contributed by atoms with van der Waals surface area (Å²) in [4.78, 5) is 51.4. The monoisotopic (exact) mass is 463 g/mol. The second kappa shape index (κ2) is 12.8. The van der Waals surface area contributed by atoms with E-state index in [4.69, 9.17) is 4.74 Å². The number of benzene rings is 1. The van der Waals surface area contributed by atoms with Crippen LogP contribution < -0.4 is 10.6 Å². The number of alkyl carbamates (subject to hydrolysis) is 1. The summed E-state index contributed by atoms with van der Waals surface area (Å²) in [5, 5.41) is 5.02. The van der Waals surface area contributed by atoms with Crippen molar-refractivity contribution in [2.45, 2.75) is 66.0 Å². The highest BCUT2D eigenvalue weighted by Crippen LogP contribution is 2.24. The van der Waals surface area contributed by atoms with E-state index < -0.39 is 35.5 Å². The molecule has 0 saturated heterocycles. The zero-order valence-corrected chi connectivity index (χ0v) is 20.7. The van der Waals surface area contributed by atoms with Crippen molar-refractivity contribution in [2.24, 2.45) is 0 Å². The molecule has 0 aromatic heterocycles. The maximum absolute atomic E-state index is 13.2. The van der Waals surface area contributed by atoms with E-state index >= 15 is 0 Å². The molecular formula is C24H37N3O6. The predicted molar refractivity (Wildman–Crippen MR) is 125 cm³/mol. The molecule has 0 heterocycles. The van der Waals surface area contributed by atoms with Crippen molar-refractivity contribution in [3.63, 3.8) is 0 Å². The Morgan fingerprint density at radius 1 is 1.00 bits per heavy atom. The summed E-state index contributed by atoms with van der Waals surface area (Å²) in [5.41, 5.74) is 1.79. The number of rotatable bonds is 10. The third kappa shape index (κ3) is 9.93. The average molecular weight is 464 g/mol. The molecule has 1 aromatic rings. The van der Waals surface area contributed by atoms with Gasteiger partial charge in [0.2, 0.25) is 11.8 Å². The molecule has 9 nitrogen and oxygen atoms in total. The summed E-state index contributed by atoms with van der Waals surface area (Å²) in [6.45, 7) is 10.6. The SMILES string of the molecule is CCCCN(C(=O)CNC(=O)OC(C)(C)C)C(C(=O)NCC(=O)OC)c1cc(C)cc(C)c1. The fraction of sp³-hybridized carbons (Fsp3) is 0.583. The molecule has 0 aliphatic heterocycles. The molecular weight excluding hydrogens is 426 g/mol. The molecule has 0 aliphatic rings. The van der Waals surface area contributed by atoms with Crippen molar-refractivity contribution < 1.29 is 28.7 Å². The number of nitrogens with one attached hydrogen (secondary N) is 2. The molecule has 184 valence electrons. The van der Waals surface area contributed by atoms with Crippen LogP contribution in [0.4, 0.5) is 4.79 Å². The molecule has 0 radical (unpaired) electrons. The molecule has 1 atom stereocenters. The number of methoxy groups -OCH3 is 1. The Kier molecular flexibility index (Phi) is 10.8. The lowest BCUT2D eigenvalue weighted by atomic mass is 9.98. The van der Waals surface area contributed by atoms with Gasteiger partial charge >= 0.3 is 12.1 Å². The smallest absolute Gasteiger partial charge is 0.408 e. The highest BCUT2D eigenvalue weighted by Gasteiger charge is 2.32. The zero-order valence-electron chi connectivity index (χ0n) is 20.7.